The number of benzene rings is 2. The molecule has 0 saturated heterocycles. The van der Waals surface area contributed by atoms with Crippen LogP contribution in [0.1, 0.15) is 27.0 Å². The predicted molar refractivity (Wildman–Crippen MR) is 94.7 cm³/mol. The standard InChI is InChI=1S/C18H19N3O4/c1-11-7-12(2)17(13(3)8-11)20-16(22)10-19-18(23)14-5-4-6-15(9-14)21(24)25/h4-9H,10H2,1-3H3,(H,19,23)(H,20,22). The Hall–Kier alpha value is -3.22. The second-order valence-electron chi connectivity index (χ2n) is 5.81. The molecule has 0 heterocycles. The maximum atomic E-state index is 12.1. The van der Waals surface area contributed by atoms with Crippen LogP contribution < -0.4 is 10.6 Å². The van der Waals surface area contributed by atoms with Crippen molar-refractivity contribution in [1.82, 2.24) is 5.32 Å². The molecule has 130 valence electrons. The van der Waals surface area contributed by atoms with Crippen LogP contribution in [0.4, 0.5) is 11.4 Å². The summed E-state index contributed by atoms with van der Waals surface area (Å²) in [5.41, 5.74) is 3.66. The molecule has 25 heavy (non-hydrogen) atoms. The van der Waals surface area contributed by atoms with Gasteiger partial charge in [0.05, 0.1) is 11.5 Å². The minimum atomic E-state index is -0.577. The first-order chi connectivity index (χ1) is 11.8. The monoisotopic (exact) mass is 341 g/mol. The molecule has 0 atom stereocenters. The van der Waals surface area contributed by atoms with E-state index in [-0.39, 0.29) is 23.7 Å². The first-order valence-corrected chi connectivity index (χ1v) is 7.68. The summed E-state index contributed by atoms with van der Waals surface area (Å²) in [5.74, 6) is -0.912. The van der Waals surface area contributed by atoms with E-state index in [2.05, 4.69) is 10.6 Å². The molecule has 2 N–H and O–H groups in total. The van der Waals surface area contributed by atoms with E-state index in [1.54, 1.807) is 0 Å². The van der Waals surface area contributed by atoms with Crippen molar-refractivity contribution in [2.24, 2.45) is 0 Å². The Labute approximate surface area is 145 Å². The Morgan fingerprint density at radius 1 is 1.08 bits per heavy atom. The second kappa shape index (κ2) is 7.57. The maximum absolute atomic E-state index is 12.1. The third kappa shape index (κ3) is 4.63. The van der Waals surface area contributed by atoms with Gasteiger partial charge in [-0.1, -0.05) is 23.8 Å². The van der Waals surface area contributed by atoms with Gasteiger partial charge in [0, 0.05) is 23.4 Å². The van der Waals surface area contributed by atoms with Crippen LogP contribution in [0.5, 0.6) is 0 Å². The molecule has 7 nitrogen and oxygen atoms in total. The SMILES string of the molecule is Cc1cc(C)c(NC(=O)CNC(=O)c2cccc([N+](=O)[O-])c2)c(C)c1. The fourth-order valence-electron chi connectivity index (χ4n) is 2.58. The minimum absolute atomic E-state index is 0.129. The number of carbonyl (C=O) groups is 2. The fourth-order valence-corrected chi connectivity index (χ4v) is 2.58. The van der Waals surface area contributed by atoms with Crippen molar-refractivity contribution in [1.29, 1.82) is 0 Å². The molecule has 0 aromatic heterocycles. The van der Waals surface area contributed by atoms with E-state index in [9.17, 15) is 19.7 Å². The van der Waals surface area contributed by atoms with Gasteiger partial charge in [0.25, 0.3) is 11.6 Å². The van der Waals surface area contributed by atoms with Crippen molar-refractivity contribution in [3.63, 3.8) is 0 Å². The van der Waals surface area contributed by atoms with E-state index in [1.165, 1.54) is 24.3 Å². The lowest BCUT2D eigenvalue weighted by atomic mass is 10.1. The van der Waals surface area contributed by atoms with E-state index >= 15 is 0 Å². The van der Waals surface area contributed by atoms with Gasteiger partial charge in [-0.15, -0.1) is 0 Å². The van der Waals surface area contributed by atoms with Gasteiger partial charge in [-0.3, -0.25) is 19.7 Å². The summed E-state index contributed by atoms with van der Waals surface area (Å²) in [6.07, 6.45) is 0. The molecule has 7 heteroatoms. The van der Waals surface area contributed by atoms with Crippen LogP contribution in [0.25, 0.3) is 0 Å². The van der Waals surface area contributed by atoms with Crippen molar-refractivity contribution in [3.8, 4) is 0 Å². The van der Waals surface area contributed by atoms with Crippen molar-refractivity contribution < 1.29 is 14.5 Å². The van der Waals surface area contributed by atoms with Gasteiger partial charge in [0.15, 0.2) is 0 Å². The zero-order valence-electron chi connectivity index (χ0n) is 14.3. The van der Waals surface area contributed by atoms with Crippen molar-refractivity contribution in [2.45, 2.75) is 20.8 Å². The van der Waals surface area contributed by atoms with Crippen LogP contribution in [0.2, 0.25) is 0 Å². The number of hydrogen-bond donors (Lipinski definition) is 2. The summed E-state index contributed by atoms with van der Waals surface area (Å²) in [6, 6.07) is 9.27. The normalized spacial score (nSPS) is 10.2. The highest BCUT2D eigenvalue weighted by Gasteiger charge is 2.13. The highest BCUT2D eigenvalue weighted by Crippen LogP contribution is 2.21. The minimum Gasteiger partial charge on any atom is -0.343 e. The number of nitrogens with zero attached hydrogens (tertiary/aromatic N) is 1. The lowest BCUT2D eigenvalue weighted by molar-refractivity contribution is -0.384. The van der Waals surface area contributed by atoms with Gasteiger partial charge in [0.2, 0.25) is 5.91 Å². The highest BCUT2D eigenvalue weighted by molar-refractivity contribution is 6.00. The molecule has 0 aliphatic heterocycles. The average molecular weight is 341 g/mol. The zero-order chi connectivity index (χ0) is 18.6. The maximum Gasteiger partial charge on any atom is 0.270 e. The fraction of sp³-hybridized carbons (Fsp3) is 0.222. The second-order valence-corrected chi connectivity index (χ2v) is 5.81. The van der Waals surface area contributed by atoms with Crippen molar-refractivity contribution in [2.75, 3.05) is 11.9 Å². The number of non-ortho nitro benzene ring substituents is 1. The number of nitrogens with one attached hydrogen (secondary N) is 2. The van der Waals surface area contributed by atoms with Gasteiger partial charge >= 0.3 is 0 Å². The highest BCUT2D eigenvalue weighted by atomic mass is 16.6. The van der Waals surface area contributed by atoms with Crippen molar-refractivity contribution >= 4 is 23.2 Å². The Kier molecular flexibility index (Phi) is 5.49. The number of nitro groups is 1. The first-order valence-electron chi connectivity index (χ1n) is 7.68. The number of amides is 2. The molecule has 0 aliphatic carbocycles. The smallest absolute Gasteiger partial charge is 0.270 e. The molecular formula is C18H19N3O4. The molecule has 2 aromatic rings. The number of aryl methyl sites for hydroxylation is 3. The van der Waals surface area contributed by atoms with Crippen LogP contribution in [-0.4, -0.2) is 23.3 Å². The number of hydrogen-bond acceptors (Lipinski definition) is 4. The molecule has 0 fully saturated rings. The molecule has 0 bridgehead atoms. The number of anilines is 1. The van der Waals surface area contributed by atoms with Gasteiger partial charge in [-0.25, -0.2) is 0 Å². The van der Waals surface area contributed by atoms with Gasteiger partial charge in [-0.2, -0.15) is 0 Å². The van der Waals surface area contributed by atoms with Crippen LogP contribution in [-0.2, 0) is 4.79 Å². The zero-order valence-corrected chi connectivity index (χ0v) is 14.3. The Morgan fingerprint density at radius 2 is 1.72 bits per heavy atom. The van der Waals surface area contributed by atoms with E-state index in [0.29, 0.717) is 0 Å². The van der Waals surface area contributed by atoms with Gasteiger partial charge in [-0.05, 0) is 38.0 Å². The van der Waals surface area contributed by atoms with Gasteiger partial charge in [0.1, 0.15) is 0 Å². The lowest BCUT2D eigenvalue weighted by Crippen LogP contribution is -2.33. The predicted octanol–water partition coefficient (Wildman–Crippen LogP) is 2.89. The summed E-state index contributed by atoms with van der Waals surface area (Å²) >= 11 is 0. The molecule has 2 rings (SSSR count). The van der Waals surface area contributed by atoms with Crippen LogP contribution in [0.3, 0.4) is 0 Å². The number of rotatable bonds is 5. The third-order valence-corrected chi connectivity index (χ3v) is 3.67. The Bertz CT molecular complexity index is 823. The molecule has 2 aromatic carbocycles. The number of carbonyl (C=O) groups excluding carboxylic acids is 2. The molecule has 0 saturated carbocycles. The molecule has 0 radical (unpaired) electrons. The Balaban J connectivity index is 1.99. The molecular weight excluding hydrogens is 322 g/mol. The van der Waals surface area contributed by atoms with E-state index in [4.69, 9.17) is 0 Å². The molecule has 0 aliphatic rings. The van der Waals surface area contributed by atoms with Crippen molar-refractivity contribution in [3.05, 3.63) is 68.8 Å². The summed E-state index contributed by atoms with van der Waals surface area (Å²) in [5, 5.41) is 16.0. The van der Waals surface area contributed by atoms with E-state index in [1.807, 2.05) is 32.9 Å². The molecule has 0 unspecified atom stereocenters. The summed E-state index contributed by atoms with van der Waals surface area (Å²) in [7, 11) is 0. The van der Waals surface area contributed by atoms with E-state index in [0.717, 1.165) is 22.4 Å². The molecule has 0 spiro atoms. The van der Waals surface area contributed by atoms with E-state index < -0.39 is 10.8 Å². The number of nitro benzene ring substituents is 1. The third-order valence-electron chi connectivity index (χ3n) is 3.67. The van der Waals surface area contributed by atoms with Crippen LogP contribution in [0.15, 0.2) is 36.4 Å². The summed E-state index contributed by atoms with van der Waals surface area (Å²) in [6.45, 7) is 5.55. The quantitative estimate of drug-likeness (QED) is 0.645. The summed E-state index contributed by atoms with van der Waals surface area (Å²) in [4.78, 5) is 34.3. The summed E-state index contributed by atoms with van der Waals surface area (Å²) < 4.78 is 0. The largest absolute Gasteiger partial charge is 0.343 e. The average Bonchev–Trinajstić information content (AvgIpc) is 2.56. The van der Waals surface area contributed by atoms with Crippen LogP contribution >= 0.6 is 0 Å². The Morgan fingerprint density at radius 3 is 2.32 bits per heavy atom. The first kappa shape index (κ1) is 18.1. The van der Waals surface area contributed by atoms with Crippen LogP contribution in [0, 0.1) is 30.9 Å². The topological polar surface area (TPSA) is 101 Å². The lowest BCUT2D eigenvalue weighted by Gasteiger charge is -2.13. The molecule has 2 amide bonds. The van der Waals surface area contributed by atoms with Gasteiger partial charge < -0.3 is 10.6 Å².